The molecule has 0 fully saturated rings. The molecule has 0 aliphatic rings. The summed E-state index contributed by atoms with van der Waals surface area (Å²) >= 11 is 0. The number of hydrogen-bond donors (Lipinski definition) is 0. The topological polar surface area (TPSA) is 27.7 Å². The van der Waals surface area contributed by atoms with Crippen LogP contribution in [0.5, 0.6) is 0 Å². The lowest BCUT2D eigenvalue weighted by atomic mass is 10.7. The SMILES string of the molecule is CCOCCOCCOC=C[Si](C)C. The van der Waals surface area contributed by atoms with E-state index in [2.05, 4.69) is 18.8 Å². The molecule has 0 rings (SSSR count). The molecule has 0 aromatic carbocycles. The van der Waals surface area contributed by atoms with Gasteiger partial charge in [-0.15, -0.1) is 0 Å². The molecule has 0 aliphatic carbocycles. The van der Waals surface area contributed by atoms with Crippen molar-refractivity contribution in [1.82, 2.24) is 0 Å². The average Bonchev–Trinajstić information content (AvgIpc) is 2.15. The monoisotopic (exact) mass is 217 g/mol. The highest BCUT2D eigenvalue weighted by atomic mass is 28.3. The van der Waals surface area contributed by atoms with Gasteiger partial charge >= 0.3 is 0 Å². The third-order valence-corrected chi connectivity index (χ3v) is 2.22. The Morgan fingerprint density at radius 1 is 1.00 bits per heavy atom. The minimum atomic E-state index is -0.305. The van der Waals surface area contributed by atoms with Crippen molar-refractivity contribution in [2.24, 2.45) is 0 Å². The number of rotatable bonds is 9. The van der Waals surface area contributed by atoms with Gasteiger partial charge in [-0.25, -0.2) is 0 Å². The smallest absolute Gasteiger partial charge is 0.111 e. The molecule has 0 aromatic heterocycles. The third kappa shape index (κ3) is 11.7. The second kappa shape index (κ2) is 10.8. The highest BCUT2D eigenvalue weighted by Crippen LogP contribution is 1.85. The molecule has 0 heterocycles. The van der Waals surface area contributed by atoms with Crippen molar-refractivity contribution < 1.29 is 14.2 Å². The second-order valence-electron chi connectivity index (χ2n) is 3.06. The first-order valence-corrected chi connectivity index (χ1v) is 7.59. The second-order valence-corrected chi connectivity index (χ2v) is 5.55. The minimum absolute atomic E-state index is 0.305. The summed E-state index contributed by atoms with van der Waals surface area (Å²) in [5.41, 5.74) is 2.12. The Labute approximate surface area is 88.7 Å². The molecule has 0 spiro atoms. The van der Waals surface area contributed by atoms with Gasteiger partial charge in [0.05, 0.1) is 34.9 Å². The Hall–Kier alpha value is -0.323. The predicted octanol–water partition coefficient (Wildman–Crippen LogP) is 1.86. The lowest BCUT2D eigenvalue weighted by Crippen LogP contribution is -2.08. The Morgan fingerprint density at radius 2 is 1.64 bits per heavy atom. The van der Waals surface area contributed by atoms with Crippen LogP contribution in [-0.2, 0) is 14.2 Å². The van der Waals surface area contributed by atoms with Crippen LogP contribution < -0.4 is 0 Å². The summed E-state index contributed by atoms with van der Waals surface area (Å²) in [6, 6.07) is 0. The van der Waals surface area contributed by atoms with Crippen LogP contribution in [0.1, 0.15) is 6.92 Å². The molecule has 0 amide bonds. The molecule has 0 bridgehead atoms. The van der Waals surface area contributed by atoms with Crippen LogP contribution in [0.2, 0.25) is 13.1 Å². The van der Waals surface area contributed by atoms with E-state index in [0.717, 1.165) is 6.61 Å². The lowest BCUT2D eigenvalue weighted by Gasteiger charge is -2.04. The lowest BCUT2D eigenvalue weighted by molar-refractivity contribution is 0.0342. The van der Waals surface area contributed by atoms with Crippen molar-refractivity contribution in [3.63, 3.8) is 0 Å². The van der Waals surface area contributed by atoms with Gasteiger partial charge in [0, 0.05) is 6.61 Å². The van der Waals surface area contributed by atoms with Crippen molar-refractivity contribution in [3.05, 3.63) is 12.0 Å². The van der Waals surface area contributed by atoms with E-state index in [1.807, 2.05) is 6.92 Å². The van der Waals surface area contributed by atoms with Crippen molar-refractivity contribution in [2.45, 2.75) is 20.0 Å². The first-order valence-electron chi connectivity index (χ1n) is 5.01. The fourth-order valence-corrected chi connectivity index (χ4v) is 1.09. The van der Waals surface area contributed by atoms with Gasteiger partial charge in [0.2, 0.25) is 0 Å². The van der Waals surface area contributed by atoms with Crippen LogP contribution >= 0.6 is 0 Å². The maximum atomic E-state index is 5.27. The molecular formula is C10H21O3Si. The van der Waals surface area contributed by atoms with Crippen molar-refractivity contribution in [1.29, 1.82) is 0 Å². The van der Waals surface area contributed by atoms with Gasteiger partial charge < -0.3 is 14.2 Å². The highest BCUT2D eigenvalue weighted by molar-refractivity contribution is 6.61. The van der Waals surface area contributed by atoms with Gasteiger partial charge in [-0.05, 0) is 6.92 Å². The van der Waals surface area contributed by atoms with Gasteiger partial charge in [0.25, 0.3) is 0 Å². The molecule has 0 N–H and O–H groups in total. The zero-order valence-electron chi connectivity index (χ0n) is 9.41. The summed E-state index contributed by atoms with van der Waals surface area (Å²) in [6.07, 6.45) is 1.78. The van der Waals surface area contributed by atoms with E-state index in [9.17, 15) is 0 Å². The maximum absolute atomic E-state index is 5.27. The molecule has 83 valence electrons. The fourth-order valence-electron chi connectivity index (χ4n) is 0.724. The van der Waals surface area contributed by atoms with E-state index in [0.29, 0.717) is 26.4 Å². The van der Waals surface area contributed by atoms with Gasteiger partial charge in [-0.2, -0.15) is 0 Å². The summed E-state index contributed by atoms with van der Waals surface area (Å²) in [7, 11) is -0.305. The van der Waals surface area contributed by atoms with E-state index >= 15 is 0 Å². The molecule has 0 unspecified atom stereocenters. The molecule has 0 saturated carbocycles. The third-order valence-electron chi connectivity index (χ3n) is 1.42. The van der Waals surface area contributed by atoms with Crippen LogP contribution in [0.15, 0.2) is 12.0 Å². The van der Waals surface area contributed by atoms with Crippen molar-refractivity contribution in [2.75, 3.05) is 33.0 Å². The number of hydrogen-bond acceptors (Lipinski definition) is 3. The van der Waals surface area contributed by atoms with E-state index < -0.39 is 0 Å². The molecule has 0 aliphatic heterocycles. The Morgan fingerprint density at radius 3 is 2.29 bits per heavy atom. The zero-order valence-corrected chi connectivity index (χ0v) is 10.4. The average molecular weight is 217 g/mol. The minimum Gasteiger partial charge on any atom is -0.500 e. The molecule has 0 atom stereocenters. The first kappa shape index (κ1) is 13.7. The van der Waals surface area contributed by atoms with Crippen LogP contribution in [-0.4, -0.2) is 41.8 Å². The molecule has 0 saturated heterocycles. The van der Waals surface area contributed by atoms with Gasteiger partial charge in [-0.3, -0.25) is 0 Å². The van der Waals surface area contributed by atoms with Crippen LogP contribution in [0.4, 0.5) is 0 Å². The van der Waals surface area contributed by atoms with Crippen molar-refractivity contribution >= 4 is 8.80 Å². The van der Waals surface area contributed by atoms with E-state index in [1.165, 1.54) is 0 Å². The molecule has 3 nitrogen and oxygen atoms in total. The quantitative estimate of drug-likeness (QED) is 0.335. The van der Waals surface area contributed by atoms with Gasteiger partial charge in [-0.1, -0.05) is 18.8 Å². The summed E-state index contributed by atoms with van der Waals surface area (Å²) in [4.78, 5) is 0. The molecule has 4 heteroatoms. The van der Waals surface area contributed by atoms with Crippen LogP contribution in [0, 0.1) is 0 Å². The summed E-state index contributed by atoms with van der Waals surface area (Å²) in [6.45, 7) is 9.72. The fraction of sp³-hybridized carbons (Fsp3) is 0.800. The van der Waals surface area contributed by atoms with Gasteiger partial charge in [0.15, 0.2) is 0 Å². The zero-order chi connectivity index (χ0) is 10.6. The summed E-state index contributed by atoms with van der Waals surface area (Å²) in [5.74, 6) is 0. The van der Waals surface area contributed by atoms with Crippen molar-refractivity contribution in [3.8, 4) is 0 Å². The standard InChI is InChI=1S/C10H21O3Si/c1-4-11-5-6-12-7-8-13-9-10-14(2)3/h9-10H,4-8H2,1-3H3. The highest BCUT2D eigenvalue weighted by Gasteiger charge is 1.89. The Bertz CT molecular complexity index is 137. The normalized spacial score (nSPS) is 11.4. The number of ether oxygens (including phenoxy) is 3. The maximum Gasteiger partial charge on any atom is 0.111 e. The molecule has 14 heavy (non-hydrogen) atoms. The molecule has 0 aromatic rings. The summed E-state index contributed by atoms with van der Waals surface area (Å²) in [5, 5.41) is 0. The van der Waals surface area contributed by atoms with E-state index in [-0.39, 0.29) is 8.80 Å². The largest absolute Gasteiger partial charge is 0.500 e. The van der Waals surface area contributed by atoms with Crippen LogP contribution in [0.3, 0.4) is 0 Å². The van der Waals surface area contributed by atoms with E-state index in [4.69, 9.17) is 14.2 Å². The van der Waals surface area contributed by atoms with Crippen LogP contribution in [0.25, 0.3) is 0 Å². The van der Waals surface area contributed by atoms with E-state index in [1.54, 1.807) is 6.26 Å². The Kier molecular flexibility index (Phi) is 10.5. The van der Waals surface area contributed by atoms with Gasteiger partial charge in [0.1, 0.15) is 6.61 Å². The molecule has 1 radical (unpaired) electrons. The first-order chi connectivity index (χ1) is 6.77. The Balaban J connectivity index is 2.99. The summed E-state index contributed by atoms with van der Waals surface area (Å²) < 4.78 is 15.6. The molecular weight excluding hydrogens is 196 g/mol. The predicted molar refractivity (Wildman–Crippen MR) is 59.9 cm³/mol.